The van der Waals surface area contributed by atoms with E-state index in [0.29, 0.717) is 11.4 Å². The molecule has 0 atom stereocenters. The van der Waals surface area contributed by atoms with Gasteiger partial charge < -0.3 is 0 Å². The van der Waals surface area contributed by atoms with Crippen LogP contribution in [0.4, 0.5) is 0 Å². The zero-order valence-electron chi connectivity index (χ0n) is 11.2. The van der Waals surface area contributed by atoms with Crippen LogP contribution in [0.25, 0.3) is 6.08 Å². The van der Waals surface area contributed by atoms with E-state index in [4.69, 9.17) is 0 Å². The zero-order valence-corrected chi connectivity index (χ0v) is 11.2. The topological polar surface area (TPSA) is 54.4 Å². The molecule has 0 fully saturated rings. The van der Waals surface area contributed by atoms with E-state index in [1.807, 2.05) is 49.4 Å². The highest BCUT2D eigenvalue weighted by molar-refractivity contribution is 5.98. The smallest absolute Gasteiger partial charge is 0.266 e. The molecule has 0 unspecified atom stereocenters. The fourth-order valence-corrected chi connectivity index (χ4v) is 1.51. The third kappa shape index (κ3) is 4.17. The van der Waals surface area contributed by atoms with Gasteiger partial charge >= 0.3 is 0 Å². The molecule has 0 bridgehead atoms. The van der Waals surface area contributed by atoms with Crippen LogP contribution in [0, 0.1) is 0 Å². The van der Waals surface area contributed by atoms with Gasteiger partial charge in [0.25, 0.3) is 5.91 Å². The molecular formula is C16H15N3O. The SMILES string of the molecule is CC(/C=C/c1ccccc1)=N\NC(=O)c1ccccn1. The van der Waals surface area contributed by atoms with E-state index in [0.717, 1.165) is 5.56 Å². The maximum Gasteiger partial charge on any atom is 0.289 e. The van der Waals surface area contributed by atoms with Gasteiger partial charge in [-0.2, -0.15) is 5.10 Å². The number of hydrazone groups is 1. The molecule has 2 rings (SSSR count). The van der Waals surface area contributed by atoms with Crippen molar-refractivity contribution in [2.45, 2.75) is 6.92 Å². The molecule has 1 aromatic carbocycles. The largest absolute Gasteiger partial charge is 0.289 e. The number of aromatic nitrogens is 1. The second-order valence-electron chi connectivity index (χ2n) is 4.15. The van der Waals surface area contributed by atoms with Crippen LogP contribution in [0.15, 0.2) is 65.9 Å². The first kappa shape index (κ1) is 13.7. The summed E-state index contributed by atoms with van der Waals surface area (Å²) in [7, 11) is 0. The molecule has 0 spiro atoms. The number of amides is 1. The minimum Gasteiger partial charge on any atom is -0.266 e. The molecule has 4 heteroatoms. The van der Waals surface area contributed by atoms with E-state index < -0.39 is 0 Å². The van der Waals surface area contributed by atoms with Crippen LogP contribution in [-0.2, 0) is 0 Å². The minimum absolute atomic E-state index is 0.321. The lowest BCUT2D eigenvalue weighted by atomic mass is 10.2. The first-order chi connectivity index (χ1) is 9.75. The lowest BCUT2D eigenvalue weighted by Gasteiger charge is -1.99. The number of carbonyl (C=O) groups is 1. The van der Waals surface area contributed by atoms with Crippen molar-refractivity contribution in [1.29, 1.82) is 0 Å². The molecule has 20 heavy (non-hydrogen) atoms. The standard InChI is InChI=1S/C16H15N3O/c1-13(10-11-14-7-3-2-4-8-14)18-19-16(20)15-9-5-6-12-17-15/h2-12H,1H3,(H,19,20)/b11-10+,18-13+. The lowest BCUT2D eigenvalue weighted by Crippen LogP contribution is -2.19. The van der Waals surface area contributed by atoms with Gasteiger partial charge in [0.05, 0.1) is 5.71 Å². The Morgan fingerprint density at radius 2 is 1.90 bits per heavy atom. The van der Waals surface area contributed by atoms with Crippen molar-refractivity contribution in [3.63, 3.8) is 0 Å². The number of benzene rings is 1. The highest BCUT2D eigenvalue weighted by Gasteiger charge is 2.03. The summed E-state index contributed by atoms with van der Waals surface area (Å²) in [4.78, 5) is 15.7. The van der Waals surface area contributed by atoms with Gasteiger partial charge in [-0.25, -0.2) is 5.43 Å². The van der Waals surface area contributed by atoms with Gasteiger partial charge in [-0.15, -0.1) is 0 Å². The van der Waals surface area contributed by atoms with Crippen LogP contribution >= 0.6 is 0 Å². The maximum absolute atomic E-state index is 11.7. The van der Waals surface area contributed by atoms with Crippen molar-refractivity contribution >= 4 is 17.7 Å². The Balaban J connectivity index is 1.95. The summed E-state index contributed by atoms with van der Waals surface area (Å²) >= 11 is 0. The molecule has 0 radical (unpaired) electrons. The number of hydrogen-bond acceptors (Lipinski definition) is 3. The van der Waals surface area contributed by atoms with E-state index in [9.17, 15) is 4.79 Å². The Kier molecular flexibility index (Phi) is 4.78. The summed E-state index contributed by atoms with van der Waals surface area (Å²) in [5.41, 5.74) is 4.60. The molecular weight excluding hydrogens is 250 g/mol. The van der Waals surface area contributed by atoms with E-state index in [1.54, 1.807) is 24.4 Å². The average molecular weight is 265 g/mol. The number of allylic oxidation sites excluding steroid dienone is 1. The van der Waals surface area contributed by atoms with E-state index in [-0.39, 0.29) is 5.91 Å². The Bertz CT molecular complexity index is 619. The van der Waals surface area contributed by atoms with Crippen molar-refractivity contribution in [2.24, 2.45) is 5.10 Å². The predicted octanol–water partition coefficient (Wildman–Crippen LogP) is 2.90. The molecule has 1 heterocycles. The molecule has 100 valence electrons. The van der Waals surface area contributed by atoms with Gasteiger partial charge in [-0.05, 0) is 30.7 Å². The maximum atomic E-state index is 11.7. The Morgan fingerprint density at radius 1 is 1.15 bits per heavy atom. The van der Waals surface area contributed by atoms with E-state index in [2.05, 4.69) is 15.5 Å². The Hall–Kier alpha value is -2.75. The van der Waals surface area contributed by atoms with E-state index in [1.165, 1.54) is 0 Å². The Morgan fingerprint density at radius 3 is 2.60 bits per heavy atom. The minimum atomic E-state index is -0.321. The molecule has 2 aromatic rings. The van der Waals surface area contributed by atoms with Crippen LogP contribution in [0.1, 0.15) is 23.0 Å². The first-order valence-electron chi connectivity index (χ1n) is 6.24. The summed E-state index contributed by atoms with van der Waals surface area (Å²) in [6, 6.07) is 15.0. The second-order valence-corrected chi connectivity index (χ2v) is 4.15. The zero-order chi connectivity index (χ0) is 14.2. The fourth-order valence-electron chi connectivity index (χ4n) is 1.51. The quantitative estimate of drug-likeness (QED) is 0.682. The number of rotatable bonds is 4. The van der Waals surface area contributed by atoms with Gasteiger partial charge in [0.1, 0.15) is 5.69 Å². The molecule has 0 aliphatic rings. The van der Waals surface area contributed by atoms with Crippen molar-refractivity contribution in [1.82, 2.24) is 10.4 Å². The predicted molar refractivity (Wildman–Crippen MR) is 80.3 cm³/mol. The van der Waals surface area contributed by atoms with Crippen LogP contribution in [-0.4, -0.2) is 16.6 Å². The first-order valence-corrected chi connectivity index (χ1v) is 6.24. The molecule has 0 saturated carbocycles. The number of carbonyl (C=O) groups excluding carboxylic acids is 1. The van der Waals surface area contributed by atoms with Crippen molar-refractivity contribution in [3.8, 4) is 0 Å². The van der Waals surface area contributed by atoms with Gasteiger partial charge in [0, 0.05) is 6.20 Å². The van der Waals surface area contributed by atoms with Crippen LogP contribution in [0.5, 0.6) is 0 Å². The van der Waals surface area contributed by atoms with Gasteiger partial charge in [0.2, 0.25) is 0 Å². The average Bonchev–Trinajstić information content (AvgIpc) is 2.52. The summed E-state index contributed by atoms with van der Waals surface area (Å²) in [5.74, 6) is -0.321. The number of nitrogens with one attached hydrogen (secondary N) is 1. The molecule has 4 nitrogen and oxygen atoms in total. The van der Waals surface area contributed by atoms with E-state index >= 15 is 0 Å². The highest BCUT2D eigenvalue weighted by Crippen LogP contribution is 2.01. The summed E-state index contributed by atoms with van der Waals surface area (Å²) < 4.78 is 0. The molecule has 0 aliphatic carbocycles. The molecule has 0 aliphatic heterocycles. The Labute approximate surface area is 117 Å². The molecule has 1 amide bonds. The molecule has 0 saturated heterocycles. The van der Waals surface area contributed by atoms with Gasteiger partial charge in [0.15, 0.2) is 0 Å². The normalized spacial score (nSPS) is 11.6. The third-order valence-corrected chi connectivity index (χ3v) is 2.55. The third-order valence-electron chi connectivity index (χ3n) is 2.55. The molecule has 1 N–H and O–H groups in total. The highest BCUT2D eigenvalue weighted by atomic mass is 16.2. The summed E-state index contributed by atoms with van der Waals surface area (Å²) in [5, 5.41) is 4.01. The number of pyridine rings is 1. The molecule has 1 aromatic heterocycles. The van der Waals surface area contributed by atoms with Crippen molar-refractivity contribution < 1.29 is 4.79 Å². The van der Waals surface area contributed by atoms with Crippen molar-refractivity contribution in [3.05, 3.63) is 72.1 Å². The number of hydrogen-bond donors (Lipinski definition) is 1. The van der Waals surface area contributed by atoms with Gasteiger partial charge in [-0.1, -0.05) is 42.5 Å². The summed E-state index contributed by atoms with van der Waals surface area (Å²) in [6.45, 7) is 1.82. The lowest BCUT2D eigenvalue weighted by molar-refractivity contribution is 0.0950. The number of nitrogens with zero attached hydrogens (tertiary/aromatic N) is 2. The van der Waals surface area contributed by atoms with Crippen molar-refractivity contribution in [2.75, 3.05) is 0 Å². The second kappa shape index (κ2) is 6.99. The fraction of sp³-hybridized carbons (Fsp3) is 0.0625. The van der Waals surface area contributed by atoms with Crippen LogP contribution < -0.4 is 5.43 Å². The van der Waals surface area contributed by atoms with Crippen LogP contribution in [0.3, 0.4) is 0 Å². The van der Waals surface area contributed by atoms with Gasteiger partial charge in [-0.3, -0.25) is 9.78 Å². The monoisotopic (exact) mass is 265 g/mol. The van der Waals surface area contributed by atoms with Crippen LogP contribution in [0.2, 0.25) is 0 Å². The summed E-state index contributed by atoms with van der Waals surface area (Å²) in [6.07, 6.45) is 5.35.